The molecule has 2 heterocycles. The second kappa shape index (κ2) is 5.49. The molecule has 0 bridgehead atoms. The van der Waals surface area contributed by atoms with Gasteiger partial charge in [0.2, 0.25) is 0 Å². The van der Waals surface area contributed by atoms with E-state index in [-0.39, 0.29) is 0 Å². The average Bonchev–Trinajstić information content (AvgIpc) is 2.39. The van der Waals surface area contributed by atoms with E-state index >= 15 is 0 Å². The molecule has 2 aromatic heterocycles. The van der Waals surface area contributed by atoms with Crippen molar-refractivity contribution in [3.8, 4) is 6.07 Å². The summed E-state index contributed by atoms with van der Waals surface area (Å²) in [6, 6.07) is 8.14. The first kappa shape index (κ1) is 13.0. The van der Waals surface area contributed by atoms with Crippen LogP contribution in [0.3, 0.4) is 0 Å². The predicted octanol–water partition coefficient (Wildman–Crippen LogP) is 2.60. The topological polar surface area (TPSA) is 52.8 Å². The number of nitriles is 1. The van der Waals surface area contributed by atoms with Crippen LogP contribution in [-0.2, 0) is 6.54 Å². The van der Waals surface area contributed by atoms with Crippen LogP contribution in [0.15, 0.2) is 30.6 Å². The molecule has 4 nitrogen and oxygen atoms in total. The number of hydrogen-bond donors (Lipinski definition) is 0. The Morgan fingerprint density at radius 2 is 1.95 bits per heavy atom. The van der Waals surface area contributed by atoms with Gasteiger partial charge in [-0.05, 0) is 37.6 Å². The zero-order chi connectivity index (χ0) is 13.8. The minimum absolute atomic E-state index is 0.641. The van der Waals surface area contributed by atoms with E-state index in [1.54, 1.807) is 12.4 Å². The Bertz CT molecular complexity index is 614. The van der Waals surface area contributed by atoms with Crippen molar-refractivity contribution in [3.63, 3.8) is 0 Å². The number of nitrogens with zero attached hydrogens (tertiary/aromatic N) is 4. The molecule has 0 amide bonds. The van der Waals surface area contributed by atoms with E-state index in [0.29, 0.717) is 5.56 Å². The number of pyridine rings is 2. The summed E-state index contributed by atoms with van der Waals surface area (Å²) in [6.45, 7) is 4.55. The molecule has 0 unspecified atom stereocenters. The van der Waals surface area contributed by atoms with Crippen molar-refractivity contribution >= 4 is 5.69 Å². The van der Waals surface area contributed by atoms with Gasteiger partial charge in [-0.15, -0.1) is 0 Å². The average molecular weight is 252 g/mol. The van der Waals surface area contributed by atoms with Crippen LogP contribution >= 0.6 is 0 Å². The summed E-state index contributed by atoms with van der Waals surface area (Å²) in [7, 11) is 1.98. The summed E-state index contributed by atoms with van der Waals surface area (Å²) in [5.74, 6) is 0. The second-order valence-corrected chi connectivity index (χ2v) is 4.57. The van der Waals surface area contributed by atoms with E-state index in [1.807, 2.05) is 39.1 Å². The Morgan fingerprint density at radius 1 is 1.26 bits per heavy atom. The van der Waals surface area contributed by atoms with Crippen molar-refractivity contribution < 1.29 is 0 Å². The summed E-state index contributed by atoms with van der Waals surface area (Å²) < 4.78 is 0. The van der Waals surface area contributed by atoms with Crippen LogP contribution < -0.4 is 4.90 Å². The predicted molar refractivity (Wildman–Crippen MR) is 74.8 cm³/mol. The van der Waals surface area contributed by atoms with E-state index in [9.17, 15) is 5.26 Å². The van der Waals surface area contributed by atoms with E-state index in [1.165, 1.54) is 0 Å². The fourth-order valence-electron chi connectivity index (χ4n) is 2.09. The van der Waals surface area contributed by atoms with Crippen LogP contribution in [0.4, 0.5) is 5.69 Å². The standard InChI is InChI=1S/C15H16N4/c1-11-8-15(14(9-16)12(2)18-11)19(3)10-13-4-6-17-7-5-13/h4-8H,10H2,1-3H3. The Kier molecular flexibility index (Phi) is 3.76. The second-order valence-electron chi connectivity index (χ2n) is 4.57. The molecule has 0 atom stereocenters. The minimum atomic E-state index is 0.641. The lowest BCUT2D eigenvalue weighted by Crippen LogP contribution is -2.18. The number of aromatic nitrogens is 2. The van der Waals surface area contributed by atoms with Gasteiger partial charge in [0.05, 0.1) is 16.9 Å². The molecule has 0 spiro atoms. The van der Waals surface area contributed by atoms with Gasteiger partial charge in [0.25, 0.3) is 0 Å². The summed E-state index contributed by atoms with van der Waals surface area (Å²) in [6.07, 6.45) is 3.55. The van der Waals surface area contributed by atoms with Crippen molar-refractivity contribution in [2.24, 2.45) is 0 Å². The van der Waals surface area contributed by atoms with Gasteiger partial charge in [-0.1, -0.05) is 0 Å². The third-order valence-corrected chi connectivity index (χ3v) is 3.00. The van der Waals surface area contributed by atoms with Crippen molar-refractivity contribution in [1.29, 1.82) is 5.26 Å². The molecular formula is C15H16N4. The van der Waals surface area contributed by atoms with Gasteiger partial charge in [0.15, 0.2) is 0 Å². The van der Waals surface area contributed by atoms with Gasteiger partial charge in [-0.3, -0.25) is 9.97 Å². The molecule has 2 aromatic rings. The largest absolute Gasteiger partial charge is 0.369 e. The lowest BCUT2D eigenvalue weighted by molar-refractivity contribution is 0.908. The van der Waals surface area contributed by atoms with Crippen molar-refractivity contribution in [3.05, 3.63) is 53.1 Å². The first-order chi connectivity index (χ1) is 9.11. The van der Waals surface area contributed by atoms with Gasteiger partial charge < -0.3 is 4.90 Å². The zero-order valence-corrected chi connectivity index (χ0v) is 11.4. The first-order valence-electron chi connectivity index (χ1n) is 6.10. The van der Waals surface area contributed by atoms with E-state index in [4.69, 9.17) is 0 Å². The van der Waals surface area contributed by atoms with Gasteiger partial charge >= 0.3 is 0 Å². The Labute approximate surface area is 113 Å². The maximum Gasteiger partial charge on any atom is 0.103 e. The third-order valence-electron chi connectivity index (χ3n) is 3.00. The molecule has 0 aromatic carbocycles. The SMILES string of the molecule is Cc1cc(N(C)Cc2ccncc2)c(C#N)c(C)n1. The van der Waals surface area contributed by atoms with E-state index < -0.39 is 0 Å². The zero-order valence-electron chi connectivity index (χ0n) is 11.4. The Hall–Kier alpha value is -2.41. The highest BCUT2D eigenvalue weighted by molar-refractivity contribution is 5.61. The lowest BCUT2D eigenvalue weighted by Gasteiger charge is -2.21. The maximum atomic E-state index is 9.28. The molecule has 4 heteroatoms. The monoisotopic (exact) mass is 252 g/mol. The van der Waals surface area contributed by atoms with Crippen molar-refractivity contribution in [1.82, 2.24) is 9.97 Å². The Balaban J connectivity index is 2.34. The molecule has 0 radical (unpaired) electrons. The molecule has 19 heavy (non-hydrogen) atoms. The summed E-state index contributed by atoms with van der Waals surface area (Å²) in [4.78, 5) is 10.4. The van der Waals surface area contributed by atoms with Crippen LogP contribution in [-0.4, -0.2) is 17.0 Å². The summed E-state index contributed by atoms with van der Waals surface area (Å²) in [5, 5.41) is 9.28. The number of hydrogen-bond acceptors (Lipinski definition) is 4. The fraction of sp³-hybridized carbons (Fsp3) is 0.267. The molecule has 0 fully saturated rings. The number of aryl methyl sites for hydroxylation is 2. The van der Waals surface area contributed by atoms with E-state index in [0.717, 1.165) is 29.2 Å². The molecule has 0 aliphatic heterocycles. The maximum absolute atomic E-state index is 9.28. The van der Waals surface area contributed by atoms with Crippen molar-refractivity contribution in [2.45, 2.75) is 20.4 Å². The summed E-state index contributed by atoms with van der Waals surface area (Å²) >= 11 is 0. The van der Waals surface area contributed by atoms with Crippen LogP contribution in [0.5, 0.6) is 0 Å². The van der Waals surface area contributed by atoms with Crippen LogP contribution in [0.1, 0.15) is 22.5 Å². The van der Waals surface area contributed by atoms with Crippen LogP contribution in [0, 0.1) is 25.2 Å². The van der Waals surface area contributed by atoms with Crippen LogP contribution in [0.25, 0.3) is 0 Å². The quantitative estimate of drug-likeness (QED) is 0.842. The molecule has 0 aliphatic carbocycles. The highest BCUT2D eigenvalue weighted by Gasteiger charge is 2.12. The molecule has 96 valence electrons. The van der Waals surface area contributed by atoms with Crippen molar-refractivity contribution in [2.75, 3.05) is 11.9 Å². The fourth-order valence-corrected chi connectivity index (χ4v) is 2.09. The van der Waals surface area contributed by atoms with Gasteiger partial charge in [0.1, 0.15) is 6.07 Å². The highest BCUT2D eigenvalue weighted by atomic mass is 15.1. The van der Waals surface area contributed by atoms with Gasteiger partial charge in [-0.25, -0.2) is 0 Å². The van der Waals surface area contributed by atoms with E-state index in [2.05, 4.69) is 20.9 Å². The van der Waals surface area contributed by atoms with Crippen LogP contribution in [0.2, 0.25) is 0 Å². The van der Waals surface area contributed by atoms with Gasteiger partial charge in [-0.2, -0.15) is 5.26 Å². The number of rotatable bonds is 3. The molecule has 0 saturated carbocycles. The summed E-state index contributed by atoms with van der Waals surface area (Å²) in [5.41, 5.74) is 4.42. The molecule has 0 N–H and O–H groups in total. The normalized spacial score (nSPS) is 10.0. The molecule has 2 rings (SSSR count). The lowest BCUT2D eigenvalue weighted by atomic mass is 10.1. The van der Waals surface area contributed by atoms with Gasteiger partial charge in [0, 0.05) is 31.7 Å². The Morgan fingerprint density at radius 3 is 2.58 bits per heavy atom. The molecule has 0 saturated heterocycles. The minimum Gasteiger partial charge on any atom is -0.369 e. The molecule has 0 aliphatic rings. The molecular weight excluding hydrogens is 236 g/mol. The first-order valence-corrected chi connectivity index (χ1v) is 6.10. The number of anilines is 1. The smallest absolute Gasteiger partial charge is 0.103 e. The highest BCUT2D eigenvalue weighted by Crippen LogP contribution is 2.23. The third kappa shape index (κ3) is 2.89.